The lowest BCUT2D eigenvalue weighted by Gasteiger charge is -2.00. The minimum absolute atomic E-state index is 0.158. The summed E-state index contributed by atoms with van der Waals surface area (Å²) < 4.78 is 42.5. The SMILES string of the molecule is O=C(O)c1oc(-c2cccc(Cl)c2)nc1C(F)(F)F. The van der Waals surface area contributed by atoms with Gasteiger partial charge in [-0.25, -0.2) is 9.78 Å². The van der Waals surface area contributed by atoms with Crippen LogP contribution in [0.1, 0.15) is 16.2 Å². The molecule has 0 amide bonds. The largest absolute Gasteiger partial charge is 0.475 e. The smallest absolute Gasteiger partial charge is 0.437 e. The van der Waals surface area contributed by atoms with Crippen molar-refractivity contribution in [3.05, 3.63) is 40.7 Å². The molecule has 8 heteroatoms. The number of benzene rings is 1. The molecule has 1 N–H and O–H groups in total. The Morgan fingerprint density at radius 1 is 1.37 bits per heavy atom. The maximum absolute atomic E-state index is 12.6. The molecule has 0 aliphatic heterocycles. The molecule has 0 atom stereocenters. The molecule has 1 aromatic heterocycles. The summed E-state index contributed by atoms with van der Waals surface area (Å²) in [5.41, 5.74) is -1.42. The van der Waals surface area contributed by atoms with Crippen molar-refractivity contribution in [1.82, 2.24) is 4.98 Å². The van der Waals surface area contributed by atoms with Gasteiger partial charge in [0.2, 0.25) is 11.7 Å². The van der Waals surface area contributed by atoms with Crippen LogP contribution in [0.4, 0.5) is 13.2 Å². The quantitative estimate of drug-likeness (QED) is 0.916. The number of aromatic carboxylic acids is 1. The zero-order valence-corrected chi connectivity index (χ0v) is 9.79. The van der Waals surface area contributed by atoms with Crippen LogP contribution in [0.2, 0.25) is 5.02 Å². The summed E-state index contributed by atoms with van der Waals surface area (Å²) in [5.74, 6) is -3.54. The standard InChI is InChI=1S/C11H5ClF3NO3/c12-6-3-1-2-5(4-6)9-16-8(11(13,14)15)7(19-9)10(17)18/h1-4H,(H,17,18). The van der Waals surface area contributed by atoms with Gasteiger partial charge < -0.3 is 9.52 Å². The van der Waals surface area contributed by atoms with E-state index in [-0.39, 0.29) is 10.6 Å². The van der Waals surface area contributed by atoms with E-state index in [1.54, 1.807) is 0 Å². The molecule has 0 aliphatic carbocycles. The first-order chi connectivity index (χ1) is 8.79. The summed E-state index contributed by atoms with van der Waals surface area (Å²) >= 11 is 5.69. The molecular weight excluding hydrogens is 287 g/mol. The number of carboxylic acid groups (broad SMARTS) is 1. The van der Waals surface area contributed by atoms with Crippen molar-refractivity contribution in [3.8, 4) is 11.5 Å². The van der Waals surface area contributed by atoms with Crippen LogP contribution in [-0.2, 0) is 6.18 Å². The number of aromatic nitrogens is 1. The number of nitrogens with zero attached hydrogens (tertiary/aromatic N) is 1. The highest BCUT2D eigenvalue weighted by Gasteiger charge is 2.41. The van der Waals surface area contributed by atoms with Gasteiger partial charge >= 0.3 is 12.1 Å². The van der Waals surface area contributed by atoms with Crippen molar-refractivity contribution in [2.45, 2.75) is 6.18 Å². The Bertz CT molecular complexity index is 636. The van der Waals surface area contributed by atoms with Crippen molar-refractivity contribution < 1.29 is 27.5 Å². The van der Waals surface area contributed by atoms with Gasteiger partial charge in [-0.2, -0.15) is 13.2 Å². The van der Waals surface area contributed by atoms with Crippen molar-refractivity contribution >= 4 is 17.6 Å². The molecule has 2 rings (SSSR count). The number of halogens is 4. The summed E-state index contributed by atoms with van der Waals surface area (Å²) in [6.07, 6.45) is -4.91. The van der Waals surface area contributed by atoms with Crippen molar-refractivity contribution in [1.29, 1.82) is 0 Å². The molecule has 0 fully saturated rings. The van der Waals surface area contributed by atoms with Gasteiger partial charge in [-0.3, -0.25) is 0 Å². The van der Waals surface area contributed by atoms with E-state index in [4.69, 9.17) is 16.7 Å². The van der Waals surface area contributed by atoms with Gasteiger partial charge in [0, 0.05) is 10.6 Å². The highest BCUT2D eigenvalue weighted by atomic mass is 35.5. The second-order valence-electron chi connectivity index (χ2n) is 3.51. The third-order valence-corrected chi connectivity index (χ3v) is 2.40. The topological polar surface area (TPSA) is 63.3 Å². The Hall–Kier alpha value is -2.02. The first-order valence-electron chi connectivity index (χ1n) is 4.86. The molecule has 0 saturated heterocycles. The minimum Gasteiger partial charge on any atom is -0.475 e. The van der Waals surface area contributed by atoms with E-state index in [2.05, 4.69) is 9.40 Å². The van der Waals surface area contributed by atoms with Crippen LogP contribution in [-0.4, -0.2) is 16.1 Å². The number of rotatable bonds is 2. The van der Waals surface area contributed by atoms with Gasteiger partial charge in [0.15, 0.2) is 5.69 Å². The molecular formula is C11H5ClF3NO3. The third kappa shape index (κ3) is 2.70. The van der Waals surface area contributed by atoms with Crippen LogP contribution in [0.3, 0.4) is 0 Å². The molecule has 19 heavy (non-hydrogen) atoms. The van der Waals surface area contributed by atoms with Gasteiger partial charge in [-0.1, -0.05) is 17.7 Å². The Kier molecular flexibility index (Phi) is 3.23. The average molecular weight is 292 g/mol. The van der Waals surface area contributed by atoms with Gasteiger partial charge in [0.05, 0.1) is 0 Å². The van der Waals surface area contributed by atoms with Crippen molar-refractivity contribution in [2.75, 3.05) is 0 Å². The number of hydrogen-bond acceptors (Lipinski definition) is 3. The van der Waals surface area contributed by atoms with Gasteiger partial charge in [0.1, 0.15) is 0 Å². The Balaban J connectivity index is 2.58. The maximum Gasteiger partial charge on any atom is 0.437 e. The number of carbonyl (C=O) groups is 1. The highest BCUT2D eigenvalue weighted by molar-refractivity contribution is 6.30. The fourth-order valence-electron chi connectivity index (χ4n) is 1.40. The molecule has 0 radical (unpaired) electrons. The molecule has 4 nitrogen and oxygen atoms in total. The number of carboxylic acids is 1. The molecule has 0 saturated carbocycles. The van der Waals surface area contributed by atoms with Gasteiger partial charge in [-0.05, 0) is 18.2 Å². The molecule has 100 valence electrons. The second kappa shape index (κ2) is 4.58. The summed E-state index contributed by atoms with van der Waals surface area (Å²) in [6.45, 7) is 0. The second-order valence-corrected chi connectivity index (χ2v) is 3.95. The third-order valence-electron chi connectivity index (χ3n) is 2.16. The lowest BCUT2D eigenvalue weighted by Crippen LogP contribution is -2.11. The number of alkyl halides is 3. The maximum atomic E-state index is 12.6. The normalized spacial score (nSPS) is 11.6. The molecule has 2 aromatic rings. The van der Waals surface area contributed by atoms with Crippen molar-refractivity contribution in [3.63, 3.8) is 0 Å². The average Bonchev–Trinajstić information content (AvgIpc) is 2.73. The Morgan fingerprint density at radius 2 is 2.05 bits per heavy atom. The van der Waals surface area contributed by atoms with Crippen LogP contribution in [0.25, 0.3) is 11.5 Å². The van der Waals surface area contributed by atoms with Crippen molar-refractivity contribution in [2.24, 2.45) is 0 Å². The lowest BCUT2D eigenvalue weighted by molar-refractivity contribution is -0.141. The van der Waals surface area contributed by atoms with Gasteiger partial charge in [-0.15, -0.1) is 0 Å². The zero-order chi connectivity index (χ0) is 14.2. The van der Waals surface area contributed by atoms with E-state index < -0.39 is 29.5 Å². The summed E-state index contributed by atoms with van der Waals surface area (Å²) in [4.78, 5) is 13.9. The number of oxazole rings is 1. The fraction of sp³-hybridized carbons (Fsp3) is 0.0909. The first-order valence-corrected chi connectivity index (χ1v) is 5.24. The number of hydrogen-bond donors (Lipinski definition) is 1. The first kappa shape index (κ1) is 13.4. The van der Waals surface area contributed by atoms with E-state index >= 15 is 0 Å². The van der Waals surface area contributed by atoms with E-state index in [0.29, 0.717) is 0 Å². The molecule has 1 aromatic carbocycles. The molecule has 0 spiro atoms. The predicted octanol–water partition coefficient (Wildman–Crippen LogP) is 3.71. The molecule has 0 bridgehead atoms. The van der Waals surface area contributed by atoms with Crippen LogP contribution in [0, 0.1) is 0 Å². The zero-order valence-electron chi connectivity index (χ0n) is 9.03. The van der Waals surface area contributed by atoms with Crippen LogP contribution in [0.15, 0.2) is 28.7 Å². The van der Waals surface area contributed by atoms with Crippen LogP contribution >= 0.6 is 11.6 Å². The predicted molar refractivity (Wildman–Crippen MR) is 58.9 cm³/mol. The van der Waals surface area contributed by atoms with E-state index in [1.165, 1.54) is 24.3 Å². The lowest BCUT2D eigenvalue weighted by atomic mass is 10.2. The molecule has 0 unspecified atom stereocenters. The van der Waals surface area contributed by atoms with E-state index in [0.717, 1.165) is 0 Å². The summed E-state index contributed by atoms with van der Waals surface area (Å²) in [6, 6.07) is 5.72. The molecule has 0 aliphatic rings. The van der Waals surface area contributed by atoms with Crippen LogP contribution in [0.5, 0.6) is 0 Å². The highest BCUT2D eigenvalue weighted by Crippen LogP contribution is 2.34. The monoisotopic (exact) mass is 291 g/mol. The summed E-state index contributed by atoms with van der Waals surface area (Å²) in [7, 11) is 0. The molecule has 1 heterocycles. The minimum atomic E-state index is -4.91. The van der Waals surface area contributed by atoms with E-state index in [1.807, 2.05) is 0 Å². The fourth-order valence-corrected chi connectivity index (χ4v) is 1.59. The Labute approximate surface area is 109 Å². The van der Waals surface area contributed by atoms with Gasteiger partial charge in [0.25, 0.3) is 0 Å². The van der Waals surface area contributed by atoms with Crippen LogP contribution < -0.4 is 0 Å². The van der Waals surface area contributed by atoms with E-state index in [9.17, 15) is 18.0 Å². The Morgan fingerprint density at radius 3 is 2.53 bits per heavy atom. The summed E-state index contributed by atoms with van der Waals surface area (Å²) in [5, 5.41) is 8.95.